The summed E-state index contributed by atoms with van der Waals surface area (Å²) in [6.45, 7) is 3.74. The number of rotatable bonds is 5. The molecule has 0 aliphatic rings. The van der Waals surface area contributed by atoms with Crippen LogP contribution in [0.4, 0.5) is 0 Å². The first-order valence-electron chi connectivity index (χ1n) is 4.93. The highest BCUT2D eigenvalue weighted by molar-refractivity contribution is 7.07. The van der Waals surface area contributed by atoms with E-state index < -0.39 is 0 Å². The van der Waals surface area contributed by atoms with E-state index in [9.17, 15) is 0 Å². The maximum atomic E-state index is 4.22. The van der Waals surface area contributed by atoms with E-state index in [2.05, 4.69) is 25.6 Å². The van der Waals surface area contributed by atoms with Crippen molar-refractivity contribution in [2.75, 3.05) is 6.54 Å². The summed E-state index contributed by atoms with van der Waals surface area (Å²) >= 11 is 1.64. The third-order valence-electron chi connectivity index (χ3n) is 2.11. The molecule has 80 valence electrons. The summed E-state index contributed by atoms with van der Waals surface area (Å²) in [6, 6.07) is 0. The number of imidazole rings is 1. The van der Waals surface area contributed by atoms with Crippen molar-refractivity contribution in [3.63, 3.8) is 0 Å². The largest absolute Gasteiger partial charge is 0.345 e. The summed E-state index contributed by atoms with van der Waals surface area (Å²) in [5.41, 5.74) is 4.16. The molecule has 15 heavy (non-hydrogen) atoms. The summed E-state index contributed by atoms with van der Waals surface area (Å²) in [5.74, 6) is 0.964. The molecule has 0 unspecified atom stereocenters. The molecule has 0 aliphatic heterocycles. The van der Waals surface area contributed by atoms with Gasteiger partial charge in [0.15, 0.2) is 0 Å². The van der Waals surface area contributed by atoms with E-state index in [0.717, 1.165) is 36.7 Å². The number of aryl methyl sites for hydroxylation is 1. The van der Waals surface area contributed by atoms with E-state index in [0.29, 0.717) is 0 Å². The number of H-pyrrole nitrogens is 1. The molecule has 5 heteroatoms. The maximum Gasteiger partial charge on any atom is 0.103 e. The van der Waals surface area contributed by atoms with Crippen LogP contribution in [-0.4, -0.2) is 21.5 Å². The van der Waals surface area contributed by atoms with Crippen molar-refractivity contribution in [2.24, 2.45) is 0 Å². The number of hydrogen-bond acceptors (Lipinski definition) is 4. The van der Waals surface area contributed by atoms with Gasteiger partial charge in [-0.05, 0) is 6.92 Å². The van der Waals surface area contributed by atoms with E-state index in [1.165, 1.54) is 0 Å². The minimum absolute atomic E-state index is 0.838. The lowest BCUT2D eigenvalue weighted by molar-refractivity contribution is 0.671. The normalized spacial score (nSPS) is 10.7. The molecule has 0 aliphatic carbocycles. The van der Waals surface area contributed by atoms with E-state index in [4.69, 9.17) is 0 Å². The van der Waals surface area contributed by atoms with Crippen LogP contribution in [-0.2, 0) is 13.0 Å². The second-order valence-corrected chi connectivity index (χ2v) is 4.12. The third kappa shape index (κ3) is 3.14. The fraction of sp³-hybridized carbons (Fsp3) is 0.400. The zero-order valence-corrected chi connectivity index (χ0v) is 9.47. The van der Waals surface area contributed by atoms with Crippen LogP contribution >= 0.6 is 11.3 Å². The zero-order valence-electron chi connectivity index (χ0n) is 8.66. The molecule has 0 saturated carbocycles. The molecule has 2 aromatic heterocycles. The fourth-order valence-corrected chi connectivity index (χ4v) is 1.95. The van der Waals surface area contributed by atoms with Gasteiger partial charge in [-0.25, -0.2) is 9.97 Å². The topological polar surface area (TPSA) is 53.6 Å². The van der Waals surface area contributed by atoms with Crippen LogP contribution in [0.2, 0.25) is 0 Å². The van der Waals surface area contributed by atoms with Crippen molar-refractivity contribution in [2.45, 2.75) is 19.9 Å². The summed E-state index contributed by atoms with van der Waals surface area (Å²) < 4.78 is 0. The van der Waals surface area contributed by atoms with Gasteiger partial charge in [0.2, 0.25) is 0 Å². The Morgan fingerprint density at radius 2 is 2.40 bits per heavy atom. The predicted octanol–water partition coefficient (Wildman–Crippen LogP) is 1.51. The highest BCUT2D eigenvalue weighted by atomic mass is 32.1. The van der Waals surface area contributed by atoms with E-state index >= 15 is 0 Å². The number of nitrogens with zero attached hydrogens (tertiary/aromatic N) is 2. The Kier molecular flexibility index (Phi) is 3.47. The Labute approximate surface area is 92.8 Å². The van der Waals surface area contributed by atoms with Crippen LogP contribution in [0.3, 0.4) is 0 Å². The lowest BCUT2D eigenvalue weighted by Gasteiger charge is -2.00. The average molecular weight is 222 g/mol. The quantitative estimate of drug-likeness (QED) is 0.754. The Morgan fingerprint density at radius 1 is 1.47 bits per heavy atom. The van der Waals surface area contributed by atoms with Crippen LogP contribution in [0, 0.1) is 6.92 Å². The van der Waals surface area contributed by atoms with Gasteiger partial charge >= 0.3 is 0 Å². The molecule has 2 rings (SSSR count). The van der Waals surface area contributed by atoms with Crippen LogP contribution in [0.1, 0.15) is 17.2 Å². The van der Waals surface area contributed by atoms with Gasteiger partial charge in [0.1, 0.15) is 5.82 Å². The van der Waals surface area contributed by atoms with Gasteiger partial charge in [-0.2, -0.15) is 0 Å². The highest BCUT2D eigenvalue weighted by Gasteiger charge is 1.97. The number of nitrogens with one attached hydrogen (secondary N) is 2. The summed E-state index contributed by atoms with van der Waals surface area (Å²) in [4.78, 5) is 11.5. The molecule has 2 aromatic rings. The molecule has 4 nitrogen and oxygen atoms in total. The van der Waals surface area contributed by atoms with Crippen molar-refractivity contribution < 1.29 is 0 Å². The first-order valence-corrected chi connectivity index (χ1v) is 5.87. The Morgan fingerprint density at radius 3 is 3.07 bits per heavy atom. The van der Waals surface area contributed by atoms with Crippen molar-refractivity contribution in [3.05, 3.63) is 34.3 Å². The molecule has 0 saturated heterocycles. The smallest absolute Gasteiger partial charge is 0.103 e. The predicted molar refractivity (Wildman–Crippen MR) is 60.8 cm³/mol. The van der Waals surface area contributed by atoms with Crippen LogP contribution in [0.15, 0.2) is 17.1 Å². The van der Waals surface area contributed by atoms with Gasteiger partial charge in [-0.3, -0.25) is 0 Å². The van der Waals surface area contributed by atoms with Gasteiger partial charge in [-0.1, -0.05) is 0 Å². The molecule has 0 atom stereocenters. The Bertz CT molecular complexity index is 393. The molecule has 2 heterocycles. The number of hydrogen-bond donors (Lipinski definition) is 2. The highest BCUT2D eigenvalue weighted by Crippen LogP contribution is 2.01. The van der Waals surface area contributed by atoms with Crippen molar-refractivity contribution in [1.82, 2.24) is 20.3 Å². The monoisotopic (exact) mass is 222 g/mol. The molecular formula is C10H14N4S. The standard InChI is InChI=1S/C10H14N4S/c1-8-12-5-10(14-8)4-11-3-2-9-6-15-7-13-9/h5-7,11H,2-4H2,1H3,(H,12,14). The minimum atomic E-state index is 0.838. The molecule has 0 aromatic carbocycles. The van der Waals surface area contributed by atoms with E-state index in [-0.39, 0.29) is 0 Å². The summed E-state index contributed by atoms with van der Waals surface area (Å²) in [6.07, 6.45) is 2.85. The summed E-state index contributed by atoms with van der Waals surface area (Å²) in [7, 11) is 0. The fourth-order valence-electron chi connectivity index (χ4n) is 1.36. The Hall–Kier alpha value is -1.20. The average Bonchev–Trinajstić information content (AvgIpc) is 2.84. The molecule has 0 spiro atoms. The molecule has 2 N–H and O–H groups in total. The number of aromatic amines is 1. The maximum absolute atomic E-state index is 4.22. The van der Waals surface area contributed by atoms with Crippen molar-refractivity contribution in [1.29, 1.82) is 0 Å². The molecular weight excluding hydrogens is 208 g/mol. The Balaban J connectivity index is 1.67. The number of thiazole rings is 1. The van der Waals surface area contributed by atoms with Gasteiger partial charge in [-0.15, -0.1) is 11.3 Å². The molecule has 0 bridgehead atoms. The first kappa shape index (κ1) is 10.3. The summed E-state index contributed by atoms with van der Waals surface area (Å²) in [5, 5.41) is 5.43. The SMILES string of the molecule is Cc1ncc(CNCCc2cscn2)[nH]1. The first-order chi connectivity index (χ1) is 7.34. The van der Waals surface area contributed by atoms with Crippen LogP contribution < -0.4 is 5.32 Å². The van der Waals surface area contributed by atoms with Crippen LogP contribution in [0.5, 0.6) is 0 Å². The second-order valence-electron chi connectivity index (χ2n) is 3.40. The van der Waals surface area contributed by atoms with Gasteiger partial charge < -0.3 is 10.3 Å². The minimum Gasteiger partial charge on any atom is -0.345 e. The van der Waals surface area contributed by atoms with E-state index in [1.807, 2.05) is 18.6 Å². The van der Waals surface area contributed by atoms with Gasteiger partial charge in [0.05, 0.1) is 11.2 Å². The van der Waals surface area contributed by atoms with Crippen molar-refractivity contribution in [3.8, 4) is 0 Å². The molecule has 0 radical (unpaired) electrons. The second kappa shape index (κ2) is 5.04. The molecule has 0 fully saturated rings. The lowest BCUT2D eigenvalue weighted by Crippen LogP contribution is -2.16. The zero-order chi connectivity index (χ0) is 10.5. The third-order valence-corrected chi connectivity index (χ3v) is 2.75. The number of aromatic nitrogens is 3. The van der Waals surface area contributed by atoms with Gasteiger partial charge in [0.25, 0.3) is 0 Å². The van der Waals surface area contributed by atoms with Crippen LogP contribution in [0.25, 0.3) is 0 Å². The lowest BCUT2D eigenvalue weighted by atomic mass is 10.3. The van der Waals surface area contributed by atoms with E-state index in [1.54, 1.807) is 11.3 Å². The van der Waals surface area contributed by atoms with Gasteiger partial charge in [0, 0.05) is 36.8 Å². The van der Waals surface area contributed by atoms with Crippen molar-refractivity contribution >= 4 is 11.3 Å². The molecule has 0 amide bonds.